The van der Waals surface area contributed by atoms with Crippen LogP contribution in [0.3, 0.4) is 0 Å². The minimum absolute atomic E-state index is 0.148. The molecule has 1 fully saturated rings. The maximum atomic E-state index is 13.2. The lowest BCUT2D eigenvalue weighted by Gasteiger charge is -2.20. The Morgan fingerprint density at radius 3 is 2.70 bits per heavy atom. The highest BCUT2D eigenvalue weighted by molar-refractivity contribution is 7.99. The minimum atomic E-state index is -1.34. The number of halogens is 1. The van der Waals surface area contributed by atoms with Crippen LogP contribution in [0.25, 0.3) is 0 Å². The number of carboxylic acids is 1. The molecule has 2 rings (SSSR count). The summed E-state index contributed by atoms with van der Waals surface area (Å²) < 4.78 is 13.2. The first-order valence-electron chi connectivity index (χ1n) is 6.46. The van der Waals surface area contributed by atoms with Crippen molar-refractivity contribution in [2.75, 3.05) is 16.8 Å². The van der Waals surface area contributed by atoms with E-state index in [1.807, 2.05) is 11.8 Å². The predicted octanol–water partition coefficient (Wildman–Crippen LogP) is 3.00. The van der Waals surface area contributed by atoms with E-state index in [0.29, 0.717) is 18.0 Å². The number of amides is 1. The molecule has 6 heteroatoms. The summed E-state index contributed by atoms with van der Waals surface area (Å²) in [6, 6.07) is 3.57. The topological polar surface area (TPSA) is 66.4 Å². The molecule has 0 spiro atoms. The summed E-state index contributed by atoms with van der Waals surface area (Å²) in [6.45, 7) is 0. The second kappa shape index (κ2) is 6.74. The van der Waals surface area contributed by atoms with Gasteiger partial charge in [-0.05, 0) is 48.5 Å². The van der Waals surface area contributed by atoms with Crippen molar-refractivity contribution in [3.05, 3.63) is 29.6 Å². The van der Waals surface area contributed by atoms with E-state index in [1.165, 1.54) is 6.07 Å². The molecule has 0 aliphatic carbocycles. The predicted molar refractivity (Wildman–Crippen MR) is 76.7 cm³/mol. The van der Waals surface area contributed by atoms with Crippen LogP contribution in [-0.2, 0) is 4.79 Å². The Balaban J connectivity index is 1.96. The molecule has 0 aromatic heterocycles. The Morgan fingerprint density at radius 1 is 1.35 bits per heavy atom. The van der Waals surface area contributed by atoms with Crippen molar-refractivity contribution in [1.29, 1.82) is 0 Å². The van der Waals surface area contributed by atoms with E-state index in [1.54, 1.807) is 0 Å². The molecule has 108 valence electrons. The van der Waals surface area contributed by atoms with Crippen molar-refractivity contribution in [3.63, 3.8) is 0 Å². The van der Waals surface area contributed by atoms with Crippen molar-refractivity contribution in [2.24, 2.45) is 5.92 Å². The number of carboxylic acid groups (broad SMARTS) is 1. The molecule has 1 aliphatic rings. The summed E-state index contributed by atoms with van der Waals surface area (Å²) in [6.07, 6.45) is 2.49. The van der Waals surface area contributed by atoms with E-state index in [2.05, 4.69) is 5.32 Å². The average Bonchev–Trinajstić information content (AvgIpc) is 2.41. The summed E-state index contributed by atoms with van der Waals surface area (Å²) >= 11 is 1.90. The van der Waals surface area contributed by atoms with Crippen LogP contribution in [0.4, 0.5) is 10.1 Å². The van der Waals surface area contributed by atoms with Crippen LogP contribution >= 0.6 is 11.8 Å². The van der Waals surface area contributed by atoms with Gasteiger partial charge in [0, 0.05) is 12.1 Å². The maximum Gasteiger partial charge on any atom is 0.338 e. The Kier molecular flexibility index (Phi) is 5.00. The van der Waals surface area contributed by atoms with Gasteiger partial charge < -0.3 is 10.4 Å². The quantitative estimate of drug-likeness (QED) is 0.896. The Labute approximate surface area is 120 Å². The zero-order valence-corrected chi connectivity index (χ0v) is 11.7. The Hall–Kier alpha value is -1.56. The van der Waals surface area contributed by atoms with Gasteiger partial charge in [-0.25, -0.2) is 9.18 Å². The van der Waals surface area contributed by atoms with E-state index >= 15 is 0 Å². The number of rotatable bonds is 4. The first-order chi connectivity index (χ1) is 9.56. The van der Waals surface area contributed by atoms with E-state index in [9.17, 15) is 14.0 Å². The summed E-state index contributed by atoms with van der Waals surface area (Å²) in [5.41, 5.74) is -0.115. The minimum Gasteiger partial charge on any atom is -0.478 e. The van der Waals surface area contributed by atoms with Crippen LogP contribution in [-0.4, -0.2) is 28.5 Å². The van der Waals surface area contributed by atoms with Gasteiger partial charge in [-0.15, -0.1) is 0 Å². The molecule has 0 radical (unpaired) electrons. The highest BCUT2D eigenvalue weighted by atomic mass is 32.2. The lowest BCUT2D eigenvalue weighted by atomic mass is 9.98. The van der Waals surface area contributed by atoms with Gasteiger partial charge in [0.05, 0.1) is 5.56 Å². The largest absolute Gasteiger partial charge is 0.478 e. The molecule has 1 saturated heterocycles. The van der Waals surface area contributed by atoms with E-state index in [4.69, 9.17) is 5.11 Å². The molecule has 4 nitrogen and oxygen atoms in total. The molecule has 20 heavy (non-hydrogen) atoms. The number of hydrogen-bond acceptors (Lipinski definition) is 3. The SMILES string of the molecule is O=C(CC1CCSCC1)Nc1ccc(F)c(C(=O)O)c1. The molecular weight excluding hydrogens is 281 g/mol. The van der Waals surface area contributed by atoms with Crippen LogP contribution in [0.15, 0.2) is 18.2 Å². The average molecular weight is 297 g/mol. The third-order valence-electron chi connectivity index (χ3n) is 3.30. The summed E-state index contributed by atoms with van der Waals surface area (Å²) in [7, 11) is 0. The molecule has 1 aromatic carbocycles. The molecule has 0 saturated carbocycles. The monoisotopic (exact) mass is 297 g/mol. The lowest BCUT2D eigenvalue weighted by Crippen LogP contribution is -2.19. The van der Waals surface area contributed by atoms with Crippen molar-refractivity contribution in [1.82, 2.24) is 0 Å². The molecular formula is C14H16FNO3S. The number of thioether (sulfide) groups is 1. The number of aromatic carboxylic acids is 1. The van der Waals surface area contributed by atoms with Gasteiger partial charge in [-0.3, -0.25) is 4.79 Å². The van der Waals surface area contributed by atoms with Crippen LogP contribution < -0.4 is 5.32 Å². The van der Waals surface area contributed by atoms with Gasteiger partial charge >= 0.3 is 5.97 Å². The standard InChI is InChI=1S/C14H16FNO3S/c15-12-2-1-10(8-11(12)14(18)19)16-13(17)7-9-3-5-20-6-4-9/h1-2,8-9H,3-7H2,(H,16,17)(H,18,19). The number of nitrogens with one attached hydrogen (secondary N) is 1. The second-order valence-corrected chi connectivity index (χ2v) is 6.03. The highest BCUT2D eigenvalue weighted by Crippen LogP contribution is 2.25. The summed E-state index contributed by atoms with van der Waals surface area (Å²) in [5, 5.41) is 11.5. The molecule has 1 amide bonds. The van der Waals surface area contributed by atoms with Gasteiger partial charge in [0.15, 0.2) is 0 Å². The van der Waals surface area contributed by atoms with E-state index in [-0.39, 0.29) is 5.91 Å². The molecule has 2 N–H and O–H groups in total. The van der Waals surface area contributed by atoms with Crippen LogP contribution in [0.2, 0.25) is 0 Å². The normalized spacial score (nSPS) is 15.8. The smallest absolute Gasteiger partial charge is 0.338 e. The fraction of sp³-hybridized carbons (Fsp3) is 0.429. The van der Waals surface area contributed by atoms with Gasteiger partial charge in [0.1, 0.15) is 5.82 Å². The van der Waals surface area contributed by atoms with Crippen LogP contribution in [0.5, 0.6) is 0 Å². The molecule has 0 atom stereocenters. The number of anilines is 1. The molecule has 0 unspecified atom stereocenters. The highest BCUT2D eigenvalue weighted by Gasteiger charge is 2.18. The molecule has 1 heterocycles. The third kappa shape index (κ3) is 3.96. The first kappa shape index (κ1) is 14.8. The molecule has 0 bridgehead atoms. The Bertz CT molecular complexity index is 515. The fourth-order valence-corrected chi connectivity index (χ4v) is 3.40. The molecule has 1 aliphatic heterocycles. The first-order valence-corrected chi connectivity index (χ1v) is 7.62. The zero-order valence-electron chi connectivity index (χ0n) is 10.9. The zero-order chi connectivity index (χ0) is 14.5. The van der Waals surface area contributed by atoms with Gasteiger partial charge in [-0.1, -0.05) is 0 Å². The Morgan fingerprint density at radius 2 is 2.05 bits per heavy atom. The number of benzene rings is 1. The van der Waals surface area contributed by atoms with Crippen LogP contribution in [0, 0.1) is 11.7 Å². The number of carbonyl (C=O) groups excluding carboxylic acids is 1. The van der Waals surface area contributed by atoms with Gasteiger partial charge in [0.25, 0.3) is 0 Å². The van der Waals surface area contributed by atoms with Gasteiger partial charge in [0.2, 0.25) is 5.91 Å². The van der Waals surface area contributed by atoms with Crippen molar-refractivity contribution in [2.45, 2.75) is 19.3 Å². The molecule has 1 aromatic rings. The van der Waals surface area contributed by atoms with E-state index < -0.39 is 17.3 Å². The third-order valence-corrected chi connectivity index (χ3v) is 4.34. The lowest BCUT2D eigenvalue weighted by molar-refractivity contribution is -0.117. The number of hydrogen-bond donors (Lipinski definition) is 2. The van der Waals surface area contributed by atoms with E-state index in [0.717, 1.165) is 36.5 Å². The maximum absolute atomic E-state index is 13.2. The van der Waals surface area contributed by atoms with Crippen molar-refractivity contribution in [3.8, 4) is 0 Å². The second-order valence-electron chi connectivity index (χ2n) is 4.81. The summed E-state index contributed by atoms with van der Waals surface area (Å²) in [4.78, 5) is 22.7. The van der Waals surface area contributed by atoms with Gasteiger partial charge in [-0.2, -0.15) is 11.8 Å². The summed E-state index contributed by atoms with van der Waals surface area (Å²) in [5.74, 6) is 0.248. The van der Waals surface area contributed by atoms with Crippen molar-refractivity contribution < 1.29 is 19.1 Å². The van der Waals surface area contributed by atoms with Crippen molar-refractivity contribution >= 4 is 29.3 Å². The van der Waals surface area contributed by atoms with Crippen LogP contribution in [0.1, 0.15) is 29.6 Å². The number of carbonyl (C=O) groups is 2. The fourth-order valence-electron chi connectivity index (χ4n) is 2.19.